The number of pyridine rings is 1. The van der Waals surface area contributed by atoms with Crippen molar-refractivity contribution in [1.82, 2.24) is 4.40 Å². The van der Waals surface area contributed by atoms with Gasteiger partial charge in [0.15, 0.2) is 0 Å². The number of benzene rings is 2. The summed E-state index contributed by atoms with van der Waals surface area (Å²) in [6, 6.07) is 25.0. The van der Waals surface area contributed by atoms with Crippen LogP contribution in [0.1, 0.15) is 27.2 Å². The van der Waals surface area contributed by atoms with Crippen LogP contribution < -0.4 is 0 Å². The van der Waals surface area contributed by atoms with E-state index >= 15 is 0 Å². The monoisotopic (exact) mass is 336 g/mol. The van der Waals surface area contributed by atoms with Gasteiger partial charge in [0, 0.05) is 17.3 Å². The van der Waals surface area contributed by atoms with Gasteiger partial charge in [-0.25, -0.2) is 0 Å². The Hall–Kier alpha value is -3.64. The van der Waals surface area contributed by atoms with Crippen molar-refractivity contribution in [3.63, 3.8) is 0 Å². The fraction of sp³-hybridized carbons (Fsp3) is 0.0435. The first-order valence-electron chi connectivity index (χ1n) is 8.40. The molecule has 0 fully saturated rings. The average Bonchev–Trinajstić information content (AvgIpc) is 3.03. The number of carbonyl (C=O) groups is 1. The third-order valence-electron chi connectivity index (χ3n) is 4.55. The van der Waals surface area contributed by atoms with Crippen LogP contribution in [0.4, 0.5) is 0 Å². The van der Waals surface area contributed by atoms with E-state index in [9.17, 15) is 10.1 Å². The summed E-state index contributed by atoms with van der Waals surface area (Å²) < 4.78 is 1.82. The molecule has 0 aliphatic carbocycles. The highest BCUT2D eigenvalue weighted by molar-refractivity contribution is 6.14. The van der Waals surface area contributed by atoms with Crippen molar-refractivity contribution in [2.75, 3.05) is 0 Å². The second kappa shape index (κ2) is 6.34. The van der Waals surface area contributed by atoms with Crippen LogP contribution in [0.25, 0.3) is 16.6 Å². The largest absolute Gasteiger partial charge is 0.312 e. The zero-order chi connectivity index (χ0) is 18.1. The van der Waals surface area contributed by atoms with Gasteiger partial charge < -0.3 is 4.40 Å². The minimum absolute atomic E-state index is 0.0936. The molecule has 0 saturated carbocycles. The van der Waals surface area contributed by atoms with Gasteiger partial charge in [0.2, 0.25) is 5.78 Å². The lowest BCUT2D eigenvalue weighted by atomic mass is 9.96. The first-order chi connectivity index (χ1) is 12.7. The Labute approximate surface area is 151 Å². The van der Waals surface area contributed by atoms with Crippen molar-refractivity contribution >= 4 is 11.3 Å². The molecule has 4 rings (SSSR count). The van der Waals surface area contributed by atoms with Crippen LogP contribution >= 0.6 is 0 Å². The van der Waals surface area contributed by atoms with Crippen molar-refractivity contribution in [2.24, 2.45) is 0 Å². The van der Waals surface area contributed by atoms with E-state index in [4.69, 9.17) is 0 Å². The Morgan fingerprint density at radius 1 is 0.923 bits per heavy atom. The SMILES string of the molecule is Cc1ccc(-c2c(C#N)c3ccccn3c2C(=O)c2ccccc2)cc1. The number of aryl methyl sites for hydroxylation is 1. The lowest BCUT2D eigenvalue weighted by Gasteiger charge is -2.07. The molecule has 0 saturated heterocycles. The Balaban J connectivity index is 2.08. The molecule has 0 aliphatic heterocycles. The second-order valence-corrected chi connectivity index (χ2v) is 6.23. The molecule has 2 heterocycles. The zero-order valence-corrected chi connectivity index (χ0v) is 14.3. The van der Waals surface area contributed by atoms with Gasteiger partial charge in [-0.3, -0.25) is 4.79 Å². The van der Waals surface area contributed by atoms with Crippen molar-refractivity contribution in [2.45, 2.75) is 6.92 Å². The number of aromatic nitrogens is 1. The van der Waals surface area contributed by atoms with Crippen LogP contribution in [0.5, 0.6) is 0 Å². The minimum atomic E-state index is -0.0936. The third kappa shape index (κ3) is 2.49. The van der Waals surface area contributed by atoms with Crippen LogP contribution in [0.15, 0.2) is 79.0 Å². The standard InChI is InChI=1S/C23H16N2O/c1-16-10-12-17(13-11-16)21-19(15-24)20-9-5-6-14-25(20)22(21)23(26)18-7-3-2-4-8-18/h2-14H,1H3. The lowest BCUT2D eigenvalue weighted by Crippen LogP contribution is -2.06. The molecule has 2 aromatic heterocycles. The summed E-state index contributed by atoms with van der Waals surface area (Å²) in [5, 5.41) is 9.82. The lowest BCUT2D eigenvalue weighted by molar-refractivity contribution is 0.103. The fourth-order valence-electron chi connectivity index (χ4n) is 3.27. The first kappa shape index (κ1) is 15.9. The molecule has 0 N–H and O–H groups in total. The van der Waals surface area contributed by atoms with Gasteiger partial charge in [-0.1, -0.05) is 66.2 Å². The highest BCUT2D eigenvalue weighted by Crippen LogP contribution is 2.34. The Morgan fingerprint density at radius 3 is 2.31 bits per heavy atom. The summed E-state index contributed by atoms with van der Waals surface area (Å²) in [6.07, 6.45) is 1.84. The average molecular weight is 336 g/mol. The number of nitrogens with zero attached hydrogens (tertiary/aromatic N) is 2. The van der Waals surface area contributed by atoms with Crippen molar-refractivity contribution in [1.29, 1.82) is 5.26 Å². The molecular weight excluding hydrogens is 320 g/mol. The molecule has 124 valence electrons. The molecule has 4 aromatic rings. The van der Waals surface area contributed by atoms with E-state index in [1.807, 2.05) is 78.2 Å². The molecule has 26 heavy (non-hydrogen) atoms. The molecule has 0 atom stereocenters. The van der Waals surface area contributed by atoms with Gasteiger partial charge in [-0.05, 0) is 24.6 Å². The Morgan fingerprint density at radius 2 is 1.62 bits per heavy atom. The molecule has 0 aliphatic rings. The van der Waals surface area contributed by atoms with Crippen LogP contribution in [-0.2, 0) is 0 Å². The molecule has 0 unspecified atom stereocenters. The van der Waals surface area contributed by atoms with Crippen molar-refractivity contribution in [3.05, 3.63) is 101 Å². The summed E-state index contributed by atoms with van der Waals surface area (Å²) >= 11 is 0. The third-order valence-corrected chi connectivity index (χ3v) is 4.55. The molecule has 0 radical (unpaired) electrons. The second-order valence-electron chi connectivity index (χ2n) is 6.23. The molecule has 0 spiro atoms. The smallest absolute Gasteiger partial charge is 0.210 e. The molecule has 3 heteroatoms. The van der Waals surface area contributed by atoms with Gasteiger partial charge >= 0.3 is 0 Å². The van der Waals surface area contributed by atoms with Crippen LogP contribution in [0.3, 0.4) is 0 Å². The number of ketones is 1. The van der Waals surface area contributed by atoms with E-state index in [0.717, 1.165) is 16.6 Å². The topological polar surface area (TPSA) is 45.3 Å². The number of rotatable bonds is 3. The van der Waals surface area contributed by atoms with E-state index in [0.29, 0.717) is 22.4 Å². The molecule has 0 bridgehead atoms. The number of hydrogen-bond donors (Lipinski definition) is 0. The maximum Gasteiger partial charge on any atom is 0.210 e. The van der Waals surface area contributed by atoms with Crippen LogP contribution in [0, 0.1) is 18.3 Å². The van der Waals surface area contributed by atoms with E-state index in [2.05, 4.69) is 6.07 Å². The summed E-state index contributed by atoms with van der Waals surface area (Å²) in [5.74, 6) is -0.0936. The van der Waals surface area contributed by atoms with Crippen molar-refractivity contribution in [3.8, 4) is 17.2 Å². The Kier molecular flexibility index (Phi) is 3.87. The van der Waals surface area contributed by atoms with Gasteiger partial charge in [0.25, 0.3) is 0 Å². The number of nitriles is 1. The summed E-state index contributed by atoms with van der Waals surface area (Å²) in [6.45, 7) is 2.02. The van der Waals surface area contributed by atoms with E-state index in [1.54, 1.807) is 12.1 Å². The van der Waals surface area contributed by atoms with Crippen LogP contribution in [-0.4, -0.2) is 10.2 Å². The van der Waals surface area contributed by atoms with Gasteiger partial charge in [0.05, 0.1) is 11.1 Å². The highest BCUT2D eigenvalue weighted by Gasteiger charge is 2.25. The summed E-state index contributed by atoms with van der Waals surface area (Å²) in [7, 11) is 0. The van der Waals surface area contributed by atoms with E-state index in [1.165, 1.54) is 0 Å². The first-order valence-corrected chi connectivity index (χ1v) is 8.40. The molecule has 3 nitrogen and oxygen atoms in total. The number of hydrogen-bond acceptors (Lipinski definition) is 2. The van der Waals surface area contributed by atoms with Crippen molar-refractivity contribution < 1.29 is 4.79 Å². The Bertz CT molecular complexity index is 1150. The molecule has 2 aromatic carbocycles. The molecular formula is C23H16N2O. The summed E-state index contributed by atoms with van der Waals surface area (Å²) in [4.78, 5) is 13.3. The fourth-order valence-corrected chi connectivity index (χ4v) is 3.27. The maximum absolute atomic E-state index is 13.3. The quantitative estimate of drug-likeness (QED) is 0.493. The normalized spacial score (nSPS) is 10.6. The highest BCUT2D eigenvalue weighted by atomic mass is 16.1. The van der Waals surface area contributed by atoms with Gasteiger partial charge in [-0.2, -0.15) is 5.26 Å². The molecule has 0 amide bonds. The predicted octanol–water partition coefficient (Wildman–Crippen LogP) is 5.02. The predicted molar refractivity (Wildman–Crippen MR) is 102 cm³/mol. The minimum Gasteiger partial charge on any atom is -0.312 e. The number of carbonyl (C=O) groups excluding carboxylic acids is 1. The van der Waals surface area contributed by atoms with Gasteiger partial charge in [-0.15, -0.1) is 0 Å². The zero-order valence-electron chi connectivity index (χ0n) is 14.3. The number of fused-ring (bicyclic) bond motifs is 1. The van der Waals surface area contributed by atoms with Gasteiger partial charge in [0.1, 0.15) is 11.8 Å². The van der Waals surface area contributed by atoms with E-state index in [-0.39, 0.29) is 5.78 Å². The van der Waals surface area contributed by atoms with E-state index < -0.39 is 0 Å². The van der Waals surface area contributed by atoms with Crippen LogP contribution in [0.2, 0.25) is 0 Å². The summed E-state index contributed by atoms with van der Waals surface area (Å²) in [5.41, 5.74) is 5.08. The maximum atomic E-state index is 13.3.